The molecule has 0 saturated heterocycles. The molecule has 10 heteroatoms. The van der Waals surface area contributed by atoms with Crippen LogP contribution in [0.3, 0.4) is 0 Å². The smallest absolute Gasteiger partial charge is 0.321 e. The summed E-state index contributed by atoms with van der Waals surface area (Å²) in [5.74, 6) is -0.458. The lowest BCUT2D eigenvalue weighted by atomic mass is 10.1. The van der Waals surface area contributed by atoms with Gasteiger partial charge in [0.1, 0.15) is 6.67 Å². The van der Waals surface area contributed by atoms with Crippen LogP contribution in [0.5, 0.6) is 0 Å². The van der Waals surface area contributed by atoms with Crippen LogP contribution in [0.1, 0.15) is 36.3 Å². The molecule has 0 bridgehead atoms. The maximum atomic E-state index is 12.1. The molecular weight excluding hydrogens is 409 g/mol. The first kappa shape index (κ1) is 23.3. The number of hydrogen-bond donors (Lipinski definition) is 4. The lowest BCUT2D eigenvalue weighted by Crippen LogP contribution is -2.33. The highest BCUT2D eigenvalue weighted by Crippen LogP contribution is 2.32. The van der Waals surface area contributed by atoms with Crippen LogP contribution in [-0.2, 0) is 4.79 Å². The summed E-state index contributed by atoms with van der Waals surface area (Å²) in [6, 6.07) is 6.77. The molecule has 0 aliphatic heterocycles. The molecule has 1 aromatic carbocycles. The van der Waals surface area contributed by atoms with E-state index in [1.165, 1.54) is 11.3 Å². The van der Waals surface area contributed by atoms with Gasteiger partial charge in [-0.1, -0.05) is 23.5 Å². The van der Waals surface area contributed by atoms with Crippen LogP contribution >= 0.6 is 11.3 Å². The van der Waals surface area contributed by atoms with Crippen molar-refractivity contribution in [3.63, 3.8) is 0 Å². The Hall–Kier alpha value is -3.01. The Balaban J connectivity index is 1.92. The molecule has 0 aliphatic rings. The standard InChI is InChI=1S/C20H26FN5O3S/c1-12(2)24-18(28)15-6-4-14(5-7-15)17-13(3)25-20(30-17)26-19(29)23-10-8-16(27)22-11-9-21/h4-7,12H,8-11H2,1-3H3,(H,22,27)(H,24,28)(H2,23,25,26,29). The van der Waals surface area contributed by atoms with Gasteiger partial charge in [0.25, 0.3) is 5.91 Å². The molecule has 2 aromatic rings. The van der Waals surface area contributed by atoms with Gasteiger partial charge in [0.15, 0.2) is 5.13 Å². The average Bonchev–Trinajstić information content (AvgIpc) is 3.05. The first-order valence-electron chi connectivity index (χ1n) is 9.56. The number of urea groups is 1. The van der Waals surface area contributed by atoms with Crippen molar-refractivity contribution in [1.29, 1.82) is 0 Å². The molecule has 30 heavy (non-hydrogen) atoms. The molecule has 0 aliphatic carbocycles. The van der Waals surface area contributed by atoms with E-state index < -0.39 is 12.7 Å². The molecule has 0 spiro atoms. The fraction of sp³-hybridized carbons (Fsp3) is 0.400. The molecular formula is C20H26FN5O3S. The Bertz CT molecular complexity index is 883. The van der Waals surface area contributed by atoms with Gasteiger partial charge in [-0.25, -0.2) is 14.2 Å². The monoisotopic (exact) mass is 435 g/mol. The Morgan fingerprint density at radius 1 is 1.10 bits per heavy atom. The number of benzene rings is 1. The second-order valence-corrected chi connectivity index (χ2v) is 7.81. The van der Waals surface area contributed by atoms with Crippen LogP contribution in [-0.4, -0.2) is 48.6 Å². The van der Waals surface area contributed by atoms with Crippen LogP contribution in [0.4, 0.5) is 14.3 Å². The number of rotatable bonds is 9. The summed E-state index contributed by atoms with van der Waals surface area (Å²) < 4.78 is 12.0. The van der Waals surface area contributed by atoms with E-state index >= 15 is 0 Å². The van der Waals surface area contributed by atoms with Gasteiger partial charge < -0.3 is 16.0 Å². The number of nitrogens with zero attached hydrogens (tertiary/aromatic N) is 1. The number of carbonyl (C=O) groups is 3. The quantitative estimate of drug-likeness (QED) is 0.485. The van der Waals surface area contributed by atoms with Crippen molar-refractivity contribution in [2.75, 3.05) is 25.1 Å². The van der Waals surface area contributed by atoms with Gasteiger partial charge in [0.2, 0.25) is 5.91 Å². The summed E-state index contributed by atoms with van der Waals surface area (Å²) in [6.07, 6.45) is 0.0618. The Labute approximate surface area is 178 Å². The number of anilines is 1. The summed E-state index contributed by atoms with van der Waals surface area (Å²) in [7, 11) is 0. The van der Waals surface area contributed by atoms with Gasteiger partial charge in [-0.3, -0.25) is 14.9 Å². The molecule has 162 valence electrons. The summed E-state index contributed by atoms with van der Waals surface area (Å²) in [4.78, 5) is 40.7. The highest BCUT2D eigenvalue weighted by molar-refractivity contribution is 7.19. The highest BCUT2D eigenvalue weighted by atomic mass is 32.1. The number of carbonyl (C=O) groups excluding carboxylic acids is 3. The van der Waals surface area contributed by atoms with Crippen molar-refractivity contribution in [3.8, 4) is 10.4 Å². The third-order valence-electron chi connectivity index (χ3n) is 3.90. The van der Waals surface area contributed by atoms with Crippen LogP contribution in [0.2, 0.25) is 0 Å². The molecule has 1 heterocycles. The van der Waals surface area contributed by atoms with E-state index in [0.29, 0.717) is 10.7 Å². The van der Waals surface area contributed by atoms with Crippen LogP contribution in [0.15, 0.2) is 24.3 Å². The van der Waals surface area contributed by atoms with Crippen LogP contribution < -0.4 is 21.3 Å². The van der Waals surface area contributed by atoms with Crippen molar-refractivity contribution in [1.82, 2.24) is 20.9 Å². The SMILES string of the molecule is Cc1nc(NC(=O)NCCC(=O)NCCF)sc1-c1ccc(C(=O)NC(C)C)cc1. The van der Waals surface area contributed by atoms with Gasteiger partial charge in [-0.05, 0) is 38.5 Å². The summed E-state index contributed by atoms with van der Waals surface area (Å²) in [5.41, 5.74) is 2.22. The van der Waals surface area contributed by atoms with E-state index in [4.69, 9.17) is 0 Å². The molecule has 2 rings (SSSR count). The summed E-state index contributed by atoms with van der Waals surface area (Å²) >= 11 is 1.31. The van der Waals surface area contributed by atoms with E-state index in [9.17, 15) is 18.8 Å². The zero-order valence-electron chi connectivity index (χ0n) is 17.2. The molecule has 0 radical (unpaired) electrons. The van der Waals surface area contributed by atoms with Crippen LogP contribution in [0.25, 0.3) is 10.4 Å². The lowest BCUT2D eigenvalue weighted by Gasteiger charge is -2.08. The number of amides is 4. The van der Waals surface area contributed by atoms with Gasteiger partial charge in [-0.2, -0.15) is 0 Å². The minimum atomic E-state index is -0.626. The number of halogens is 1. The van der Waals surface area contributed by atoms with E-state index in [1.54, 1.807) is 12.1 Å². The topological polar surface area (TPSA) is 112 Å². The predicted octanol–water partition coefficient (Wildman–Crippen LogP) is 2.85. The van der Waals surface area contributed by atoms with Crippen LogP contribution in [0, 0.1) is 6.92 Å². The van der Waals surface area contributed by atoms with Crippen molar-refractivity contribution in [2.24, 2.45) is 0 Å². The van der Waals surface area contributed by atoms with Crippen molar-refractivity contribution in [2.45, 2.75) is 33.2 Å². The van der Waals surface area contributed by atoms with Gasteiger partial charge >= 0.3 is 6.03 Å². The molecule has 8 nitrogen and oxygen atoms in total. The van der Waals surface area contributed by atoms with Crippen molar-refractivity contribution >= 4 is 34.3 Å². The Morgan fingerprint density at radius 2 is 1.80 bits per heavy atom. The number of hydrogen-bond acceptors (Lipinski definition) is 5. The number of aromatic nitrogens is 1. The minimum absolute atomic E-state index is 0.0322. The van der Waals surface area contributed by atoms with E-state index in [0.717, 1.165) is 16.1 Å². The molecule has 0 unspecified atom stereocenters. The Kier molecular flexibility index (Phi) is 8.72. The molecule has 4 amide bonds. The third-order valence-corrected chi connectivity index (χ3v) is 5.02. The third kappa shape index (κ3) is 7.11. The van der Waals surface area contributed by atoms with Gasteiger partial charge in [0, 0.05) is 31.1 Å². The molecule has 0 fully saturated rings. The van der Waals surface area contributed by atoms with Gasteiger partial charge in [-0.15, -0.1) is 0 Å². The minimum Gasteiger partial charge on any atom is -0.353 e. The van der Waals surface area contributed by atoms with E-state index in [-0.39, 0.29) is 37.4 Å². The normalized spacial score (nSPS) is 10.6. The molecule has 0 atom stereocenters. The summed E-state index contributed by atoms with van der Waals surface area (Å²) in [5, 5.41) is 10.9. The zero-order chi connectivity index (χ0) is 22.1. The Morgan fingerprint density at radius 3 is 2.43 bits per heavy atom. The summed E-state index contributed by atoms with van der Waals surface area (Å²) in [6.45, 7) is 5.11. The zero-order valence-corrected chi connectivity index (χ0v) is 18.0. The number of alkyl halides is 1. The van der Waals surface area contributed by atoms with Crippen molar-refractivity contribution < 1.29 is 18.8 Å². The second-order valence-electron chi connectivity index (χ2n) is 6.81. The first-order valence-corrected chi connectivity index (χ1v) is 10.4. The molecule has 4 N–H and O–H groups in total. The van der Waals surface area contributed by atoms with Gasteiger partial charge in [0.05, 0.1) is 10.6 Å². The fourth-order valence-corrected chi connectivity index (χ4v) is 3.51. The fourth-order valence-electron chi connectivity index (χ4n) is 2.54. The largest absolute Gasteiger partial charge is 0.353 e. The molecule has 1 aromatic heterocycles. The maximum absolute atomic E-state index is 12.1. The number of thiazole rings is 1. The maximum Gasteiger partial charge on any atom is 0.321 e. The lowest BCUT2D eigenvalue weighted by molar-refractivity contribution is -0.121. The highest BCUT2D eigenvalue weighted by Gasteiger charge is 2.13. The number of aryl methyl sites for hydroxylation is 1. The number of nitrogens with one attached hydrogen (secondary N) is 4. The predicted molar refractivity (Wildman–Crippen MR) is 116 cm³/mol. The van der Waals surface area contributed by atoms with E-state index in [1.807, 2.05) is 32.9 Å². The van der Waals surface area contributed by atoms with Crippen molar-refractivity contribution in [3.05, 3.63) is 35.5 Å². The first-order chi connectivity index (χ1) is 14.3. The second kappa shape index (κ2) is 11.2. The van der Waals surface area contributed by atoms with E-state index in [2.05, 4.69) is 26.3 Å². The molecule has 0 saturated carbocycles. The average molecular weight is 436 g/mol.